The van der Waals surface area contributed by atoms with E-state index in [1.165, 1.54) is 6.07 Å². The van der Waals surface area contributed by atoms with Crippen LogP contribution in [0.2, 0.25) is 0 Å². The standard InChI is InChI=1S/C21H23FN4O4/c1-14-5-6-15(12-17(14)22)20-25-19(30-26-20)8-7-18(27)24-13-16-4-3-9-23-21(16)29-11-10-28-2/h3-6,9,12H,7-8,10-11,13H2,1-2H3,(H,24,27). The van der Waals surface area contributed by atoms with E-state index < -0.39 is 0 Å². The number of rotatable bonds is 10. The van der Waals surface area contributed by atoms with Crippen LogP contribution in [0.5, 0.6) is 5.88 Å². The normalized spacial score (nSPS) is 10.8. The number of aryl methyl sites for hydroxylation is 2. The number of halogens is 1. The highest BCUT2D eigenvalue weighted by atomic mass is 19.1. The van der Waals surface area contributed by atoms with E-state index >= 15 is 0 Å². The lowest BCUT2D eigenvalue weighted by Crippen LogP contribution is -2.23. The second kappa shape index (κ2) is 10.4. The molecule has 3 rings (SSSR count). The van der Waals surface area contributed by atoms with Gasteiger partial charge in [0.2, 0.25) is 23.5 Å². The minimum absolute atomic E-state index is 0.171. The summed E-state index contributed by atoms with van der Waals surface area (Å²) in [6.07, 6.45) is 2.07. The summed E-state index contributed by atoms with van der Waals surface area (Å²) in [6.45, 7) is 2.79. The third-order valence-corrected chi connectivity index (χ3v) is 4.32. The molecule has 0 radical (unpaired) electrons. The van der Waals surface area contributed by atoms with E-state index in [2.05, 4.69) is 20.4 Å². The van der Waals surface area contributed by atoms with Crippen molar-refractivity contribution in [3.8, 4) is 17.3 Å². The molecule has 1 aromatic carbocycles. The highest BCUT2D eigenvalue weighted by Crippen LogP contribution is 2.19. The first-order valence-corrected chi connectivity index (χ1v) is 9.48. The molecule has 9 heteroatoms. The number of hydrogen-bond donors (Lipinski definition) is 1. The second-order valence-corrected chi connectivity index (χ2v) is 6.56. The van der Waals surface area contributed by atoms with Gasteiger partial charge in [-0.2, -0.15) is 4.98 Å². The van der Waals surface area contributed by atoms with Crippen LogP contribution in [-0.4, -0.2) is 41.4 Å². The fraction of sp³-hybridized carbons (Fsp3) is 0.333. The van der Waals surface area contributed by atoms with Crippen LogP contribution in [0.3, 0.4) is 0 Å². The molecule has 30 heavy (non-hydrogen) atoms. The van der Waals surface area contributed by atoms with Crippen molar-refractivity contribution >= 4 is 5.91 Å². The maximum Gasteiger partial charge on any atom is 0.227 e. The number of carbonyl (C=O) groups is 1. The summed E-state index contributed by atoms with van der Waals surface area (Å²) >= 11 is 0. The summed E-state index contributed by atoms with van der Waals surface area (Å²) in [6, 6.07) is 8.34. The highest BCUT2D eigenvalue weighted by Gasteiger charge is 2.13. The van der Waals surface area contributed by atoms with Crippen LogP contribution in [0.15, 0.2) is 41.1 Å². The van der Waals surface area contributed by atoms with Crippen molar-refractivity contribution in [1.29, 1.82) is 0 Å². The molecule has 0 bridgehead atoms. The van der Waals surface area contributed by atoms with Gasteiger partial charge in [-0.1, -0.05) is 23.4 Å². The number of nitrogens with zero attached hydrogens (tertiary/aromatic N) is 3. The van der Waals surface area contributed by atoms with Crippen molar-refractivity contribution in [3.05, 3.63) is 59.4 Å². The zero-order chi connectivity index (χ0) is 21.3. The zero-order valence-corrected chi connectivity index (χ0v) is 16.9. The van der Waals surface area contributed by atoms with Crippen molar-refractivity contribution < 1.29 is 23.2 Å². The van der Waals surface area contributed by atoms with Crippen LogP contribution in [0.1, 0.15) is 23.4 Å². The predicted molar refractivity (Wildman–Crippen MR) is 106 cm³/mol. The number of carbonyl (C=O) groups excluding carboxylic acids is 1. The van der Waals surface area contributed by atoms with Crippen LogP contribution in [0.4, 0.5) is 4.39 Å². The molecule has 2 heterocycles. The first-order chi connectivity index (χ1) is 14.6. The summed E-state index contributed by atoms with van der Waals surface area (Å²) in [4.78, 5) is 20.6. The van der Waals surface area contributed by atoms with Crippen LogP contribution in [-0.2, 0) is 22.5 Å². The Morgan fingerprint density at radius 2 is 2.13 bits per heavy atom. The molecule has 3 aromatic rings. The van der Waals surface area contributed by atoms with Gasteiger partial charge in [0.1, 0.15) is 12.4 Å². The smallest absolute Gasteiger partial charge is 0.227 e. The average Bonchev–Trinajstić information content (AvgIpc) is 3.23. The Labute approximate surface area is 173 Å². The molecule has 1 amide bonds. The van der Waals surface area contributed by atoms with Crippen molar-refractivity contribution in [3.63, 3.8) is 0 Å². The lowest BCUT2D eigenvalue weighted by molar-refractivity contribution is -0.121. The van der Waals surface area contributed by atoms with Gasteiger partial charge in [-0.05, 0) is 24.6 Å². The number of nitrogens with one attached hydrogen (secondary N) is 1. The first-order valence-electron chi connectivity index (χ1n) is 9.48. The molecule has 158 valence electrons. The molecule has 1 N–H and O–H groups in total. The van der Waals surface area contributed by atoms with E-state index in [1.54, 1.807) is 38.4 Å². The van der Waals surface area contributed by atoms with E-state index in [0.29, 0.717) is 36.1 Å². The Bertz CT molecular complexity index is 993. The highest BCUT2D eigenvalue weighted by molar-refractivity contribution is 5.76. The molecule has 0 spiro atoms. The Hall–Kier alpha value is -3.33. The molecule has 8 nitrogen and oxygen atoms in total. The topological polar surface area (TPSA) is 99.4 Å². The summed E-state index contributed by atoms with van der Waals surface area (Å²) in [5.74, 6) is 0.548. The first kappa shape index (κ1) is 21.4. The van der Waals surface area contributed by atoms with Crippen molar-refractivity contribution in [1.82, 2.24) is 20.4 Å². The zero-order valence-electron chi connectivity index (χ0n) is 16.9. The van der Waals surface area contributed by atoms with Gasteiger partial charge in [0, 0.05) is 43.8 Å². The Kier molecular flexibility index (Phi) is 7.45. The molecule has 0 saturated carbocycles. The van der Waals surface area contributed by atoms with Gasteiger partial charge < -0.3 is 19.3 Å². The van der Waals surface area contributed by atoms with Crippen LogP contribution in [0.25, 0.3) is 11.4 Å². The largest absolute Gasteiger partial charge is 0.475 e. The number of aromatic nitrogens is 3. The maximum atomic E-state index is 13.7. The monoisotopic (exact) mass is 414 g/mol. The summed E-state index contributed by atoms with van der Waals surface area (Å²) in [7, 11) is 1.59. The number of pyridine rings is 1. The average molecular weight is 414 g/mol. The fourth-order valence-corrected chi connectivity index (χ4v) is 2.62. The van der Waals surface area contributed by atoms with Crippen LogP contribution in [0, 0.1) is 12.7 Å². The van der Waals surface area contributed by atoms with Crippen molar-refractivity contribution in [2.24, 2.45) is 0 Å². The van der Waals surface area contributed by atoms with E-state index in [0.717, 1.165) is 5.56 Å². The number of benzene rings is 1. The Morgan fingerprint density at radius 1 is 1.27 bits per heavy atom. The van der Waals surface area contributed by atoms with Gasteiger partial charge >= 0.3 is 0 Å². The molecule has 0 aliphatic rings. The van der Waals surface area contributed by atoms with Crippen molar-refractivity contribution in [2.45, 2.75) is 26.3 Å². The van der Waals surface area contributed by atoms with Gasteiger partial charge in [-0.25, -0.2) is 9.37 Å². The van der Waals surface area contributed by atoms with E-state index in [4.69, 9.17) is 14.0 Å². The van der Waals surface area contributed by atoms with Gasteiger partial charge in [0.05, 0.1) is 6.61 Å². The van der Waals surface area contributed by atoms with Crippen molar-refractivity contribution in [2.75, 3.05) is 20.3 Å². The lowest BCUT2D eigenvalue weighted by atomic mass is 10.1. The third-order valence-electron chi connectivity index (χ3n) is 4.32. The molecule has 0 saturated heterocycles. The van der Waals surface area contributed by atoms with E-state index in [9.17, 15) is 9.18 Å². The fourth-order valence-electron chi connectivity index (χ4n) is 2.62. The SMILES string of the molecule is COCCOc1ncccc1CNC(=O)CCc1nc(-c2ccc(C)c(F)c2)no1. The molecule has 0 aliphatic carbocycles. The molecule has 0 unspecified atom stereocenters. The number of ether oxygens (including phenoxy) is 2. The van der Waals surface area contributed by atoms with Gasteiger partial charge in [-0.3, -0.25) is 4.79 Å². The molecular formula is C21H23FN4O4. The molecule has 2 aromatic heterocycles. The predicted octanol–water partition coefficient (Wildman–Crippen LogP) is 2.85. The number of amides is 1. The third kappa shape index (κ3) is 5.84. The lowest BCUT2D eigenvalue weighted by Gasteiger charge is -2.10. The Morgan fingerprint density at radius 3 is 2.93 bits per heavy atom. The summed E-state index contributed by atoms with van der Waals surface area (Å²) in [5.41, 5.74) is 1.83. The van der Waals surface area contributed by atoms with Gasteiger partial charge in [0.25, 0.3) is 0 Å². The van der Waals surface area contributed by atoms with E-state index in [1.807, 2.05) is 6.07 Å². The summed E-state index contributed by atoms with van der Waals surface area (Å²) < 4.78 is 29.4. The van der Waals surface area contributed by atoms with Gasteiger partial charge in [-0.15, -0.1) is 0 Å². The van der Waals surface area contributed by atoms with Crippen LogP contribution < -0.4 is 10.1 Å². The van der Waals surface area contributed by atoms with E-state index in [-0.39, 0.29) is 36.9 Å². The number of methoxy groups -OCH3 is 1. The quantitative estimate of drug-likeness (QED) is 0.509. The minimum atomic E-state index is -0.334. The molecule has 0 atom stereocenters. The second-order valence-electron chi connectivity index (χ2n) is 6.56. The summed E-state index contributed by atoms with van der Waals surface area (Å²) in [5, 5.41) is 6.68. The molecular weight excluding hydrogens is 391 g/mol. The minimum Gasteiger partial charge on any atom is -0.475 e. The number of hydrogen-bond acceptors (Lipinski definition) is 7. The van der Waals surface area contributed by atoms with Gasteiger partial charge in [0.15, 0.2) is 0 Å². The molecule has 0 aliphatic heterocycles. The maximum absolute atomic E-state index is 13.7. The Balaban J connectivity index is 1.50. The molecule has 0 fully saturated rings. The van der Waals surface area contributed by atoms with Crippen LogP contribution >= 0.6 is 0 Å².